The summed E-state index contributed by atoms with van der Waals surface area (Å²) in [6.45, 7) is 2.75. The fourth-order valence-electron chi connectivity index (χ4n) is 3.81. The number of carbonyl (C=O) groups excluding carboxylic acids is 1. The van der Waals surface area contributed by atoms with Crippen LogP contribution in [0.1, 0.15) is 35.3 Å². The standard InChI is InChI=1S/C24H27N5O2/c1-25-16-19-6-5-7-21(27-19)18-14-22(24(31)26-15-18)28-23(30)17-8-10-20(11-9-17)29-12-3-2-4-13-29/h5-11,14-15,25H,2-4,12-13,16H2,1H3,(H,26,31)(H,28,30). The summed E-state index contributed by atoms with van der Waals surface area (Å²) < 4.78 is 0. The molecule has 0 spiro atoms. The van der Waals surface area contributed by atoms with E-state index < -0.39 is 0 Å². The maximum Gasteiger partial charge on any atom is 0.271 e. The molecule has 0 aliphatic carbocycles. The van der Waals surface area contributed by atoms with Crippen molar-refractivity contribution in [2.45, 2.75) is 25.8 Å². The molecule has 3 N–H and O–H groups in total. The Hall–Kier alpha value is -3.45. The van der Waals surface area contributed by atoms with E-state index in [2.05, 4.69) is 25.5 Å². The first-order valence-electron chi connectivity index (χ1n) is 10.6. The van der Waals surface area contributed by atoms with Crippen LogP contribution in [0.25, 0.3) is 11.3 Å². The van der Waals surface area contributed by atoms with Crippen molar-refractivity contribution in [1.29, 1.82) is 0 Å². The number of nitrogens with one attached hydrogen (secondary N) is 3. The topological polar surface area (TPSA) is 90.1 Å². The van der Waals surface area contributed by atoms with E-state index in [9.17, 15) is 9.59 Å². The van der Waals surface area contributed by atoms with Crippen LogP contribution in [-0.2, 0) is 6.54 Å². The van der Waals surface area contributed by atoms with Crippen LogP contribution in [0, 0.1) is 0 Å². The number of anilines is 2. The van der Waals surface area contributed by atoms with Gasteiger partial charge >= 0.3 is 0 Å². The Morgan fingerprint density at radius 1 is 1.10 bits per heavy atom. The third-order valence-corrected chi connectivity index (χ3v) is 5.46. The van der Waals surface area contributed by atoms with Crippen LogP contribution in [-0.4, -0.2) is 36.0 Å². The number of piperidine rings is 1. The van der Waals surface area contributed by atoms with Gasteiger partial charge in [0.2, 0.25) is 0 Å². The van der Waals surface area contributed by atoms with Crippen LogP contribution >= 0.6 is 0 Å². The van der Waals surface area contributed by atoms with E-state index in [1.807, 2.05) is 37.4 Å². The third-order valence-electron chi connectivity index (χ3n) is 5.46. The lowest BCUT2D eigenvalue weighted by Gasteiger charge is -2.28. The number of nitrogens with zero attached hydrogens (tertiary/aromatic N) is 2. The summed E-state index contributed by atoms with van der Waals surface area (Å²) in [4.78, 5) is 34.7. The lowest BCUT2D eigenvalue weighted by atomic mass is 10.1. The highest BCUT2D eigenvalue weighted by molar-refractivity contribution is 6.04. The smallest absolute Gasteiger partial charge is 0.271 e. The molecule has 0 saturated carbocycles. The summed E-state index contributed by atoms with van der Waals surface area (Å²) in [5.41, 5.74) is 3.84. The van der Waals surface area contributed by atoms with Crippen molar-refractivity contribution < 1.29 is 4.79 Å². The monoisotopic (exact) mass is 417 g/mol. The number of hydrogen-bond donors (Lipinski definition) is 3. The lowest BCUT2D eigenvalue weighted by Crippen LogP contribution is -2.29. The van der Waals surface area contributed by atoms with Gasteiger partial charge in [0.1, 0.15) is 5.69 Å². The van der Waals surface area contributed by atoms with Gasteiger partial charge in [-0.25, -0.2) is 0 Å². The van der Waals surface area contributed by atoms with Gasteiger partial charge in [0.05, 0.1) is 11.4 Å². The number of aromatic amines is 1. The molecule has 0 bridgehead atoms. The Morgan fingerprint density at radius 3 is 2.61 bits per heavy atom. The molecule has 0 unspecified atom stereocenters. The van der Waals surface area contributed by atoms with Crippen molar-refractivity contribution in [3.05, 3.63) is 76.3 Å². The van der Waals surface area contributed by atoms with Gasteiger partial charge in [-0.1, -0.05) is 6.07 Å². The highest BCUT2D eigenvalue weighted by Gasteiger charge is 2.14. The van der Waals surface area contributed by atoms with Crippen molar-refractivity contribution in [3.8, 4) is 11.3 Å². The van der Waals surface area contributed by atoms with Crippen molar-refractivity contribution in [2.75, 3.05) is 30.4 Å². The first-order valence-corrected chi connectivity index (χ1v) is 10.6. The van der Waals surface area contributed by atoms with E-state index in [0.717, 1.165) is 35.7 Å². The molecule has 1 aliphatic heterocycles. The molecule has 1 amide bonds. The summed E-state index contributed by atoms with van der Waals surface area (Å²) in [5.74, 6) is -0.315. The van der Waals surface area contributed by atoms with Gasteiger partial charge in [-0.2, -0.15) is 0 Å². The number of pyridine rings is 2. The first kappa shape index (κ1) is 20.8. The van der Waals surface area contributed by atoms with Gasteiger partial charge < -0.3 is 20.5 Å². The van der Waals surface area contributed by atoms with Crippen LogP contribution in [0.3, 0.4) is 0 Å². The Balaban J connectivity index is 1.51. The minimum atomic E-state index is -0.353. The molecule has 7 nitrogen and oxygen atoms in total. The molecule has 1 fully saturated rings. The van der Waals surface area contributed by atoms with E-state index in [1.165, 1.54) is 19.3 Å². The van der Waals surface area contributed by atoms with E-state index >= 15 is 0 Å². The average molecular weight is 418 g/mol. The second-order valence-electron chi connectivity index (χ2n) is 7.72. The maximum absolute atomic E-state index is 12.7. The summed E-state index contributed by atoms with van der Waals surface area (Å²) in [6.07, 6.45) is 5.29. The van der Waals surface area contributed by atoms with Crippen molar-refractivity contribution >= 4 is 17.3 Å². The molecule has 7 heteroatoms. The molecule has 1 aliphatic rings. The van der Waals surface area contributed by atoms with Crippen LogP contribution in [0.2, 0.25) is 0 Å². The molecule has 3 aromatic rings. The largest absolute Gasteiger partial charge is 0.372 e. The SMILES string of the molecule is CNCc1cccc(-c2c[nH]c(=O)c(NC(=O)c3ccc(N4CCCCC4)cc3)c2)n1. The molecule has 160 valence electrons. The van der Waals surface area contributed by atoms with Gasteiger partial charge in [-0.3, -0.25) is 14.6 Å². The molecule has 3 heterocycles. The average Bonchev–Trinajstić information content (AvgIpc) is 2.81. The predicted octanol–water partition coefficient (Wildman–Crippen LogP) is 3.40. The van der Waals surface area contributed by atoms with Crippen molar-refractivity contribution in [3.63, 3.8) is 0 Å². The molecule has 1 saturated heterocycles. The number of amides is 1. The number of hydrogen-bond acceptors (Lipinski definition) is 5. The molecule has 2 aromatic heterocycles. The molecule has 31 heavy (non-hydrogen) atoms. The van der Waals surface area contributed by atoms with Gasteiger partial charge in [-0.05, 0) is 68.8 Å². The van der Waals surface area contributed by atoms with Crippen LogP contribution in [0.5, 0.6) is 0 Å². The van der Waals surface area contributed by atoms with Crippen LogP contribution in [0.15, 0.2) is 59.5 Å². The zero-order valence-electron chi connectivity index (χ0n) is 17.6. The van der Waals surface area contributed by atoms with Gasteiger partial charge in [-0.15, -0.1) is 0 Å². The van der Waals surface area contributed by atoms with Gasteiger partial charge in [0, 0.05) is 42.6 Å². The molecular formula is C24H27N5O2. The van der Waals surface area contributed by atoms with E-state index in [4.69, 9.17) is 0 Å². The van der Waals surface area contributed by atoms with E-state index in [0.29, 0.717) is 12.1 Å². The van der Waals surface area contributed by atoms with Crippen LogP contribution < -0.4 is 21.1 Å². The Labute approximate surface area is 181 Å². The predicted molar refractivity (Wildman–Crippen MR) is 124 cm³/mol. The third kappa shape index (κ3) is 5.00. The van der Waals surface area contributed by atoms with Crippen LogP contribution in [0.4, 0.5) is 11.4 Å². The number of rotatable bonds is 6. The zero-order chi connectivity index (χ0) is 21.6. The second kappa shape index (κ2) is 9.57. The molecule has 0 atom stereocenters. The second-order valence-corrected chi connectivity index (χ2v) is 7.72. The number of aromatic nitrogens is 2. The highest BCUT2D eigenvalue weighted by Crippen LogP contribution is 2.21. The number of carbonyl (C=O) groups is 1. The summed E-state index contributed by atoms with van der Waals surface area (Å²) in [6, 6.07) is 14.9. The zero-order valence-corrected chi connectivity index (χ0v) is 17.6. The fraction of sp³-hybridized carbons (Fsp3) is 0.292. The first-order chi connectivity index (χ1) is 15.1. The number of benzene rings is 1. The molecule has 1 aromatic carbocycles. The Morgan fingerprint density at radius 2 is 1.87 bits per heavy atom. The van der Waals surface area contributed by atoms with E-state index in [-0.39, 0.29) is 17.2 Å². The quantitative estimate of drug-likeness (QED) is 0.572. The number of H-pyrrole nitrogens is 1. The minimum Gasteiger partial charge on any atom is -0.372 e. The minimum absolute atomic E-state index is 0.198. The summed E-state index contributed by atoms with van der Waals surface area (Å²) >= 11 is 0. The maximum atomic E-state index is 12.7. The van der Waals surface area contributed by atoms with Crippen molar-refractivity contribution in [2.24, 2.45) is 0 Å². The van der Waals surface area contributed by atoms with Crippen molar-refractivity contribution in [1.82, 2.24) is 15.3 Å². The van der Waals surface area contributed by atoms with Gasteiger partial charge in [0.15, 0.2) is 0 Å². The molecular weight excluding hydrogens is 390 g/mol. The lowest BCUT2D eigenvalue weighted by molar-refractivity contribution is 0.102. The summed E-state index contributed by atoms with van der Waals surface area (Å²) in [7, 11) is 1.86. The fourth-order valence-corrected chi connectivity index (χ4v) is 3.81. The molecule has 4 rings (SSSR count). The van der Waals surface area contributed by atoms with Gasteiger partial charge in [0.25, 0.3) is 11.5 Å². The molecule has 0 radical (unpaired) electrons. The Bertz CT molecular complexity index is 1100. The normalized spacial score (nSPS) is 13.8. The Kier molecular flexibility index (Phi) is 6.43. The summed E-state index contributed by atoms with van der Waals surface area (Å²) in [5, 5.41) is 5.81. The highest BCUT2D eigenvalue weighted by atomic mass is 16.2. The van der Waals surface area contributed by atoms with E-state index in [1.54, 1.807) is 24.4 Å².